The Morgan fingerprint density at radius 2 is 2.09 bits per heavy atom. The van der Waals surface area contributed by atoms with Crippen molar-refractivity contribution in [1.82, 2.24) is 19.9 Å². The van der Waals surface area contributed by atoms with E-state index in [2.05, 4.69) is 20.6 Å². The summed E-state index contributed by atoms with van der Waals surface area (Å²) in [6.45, 7) is 3.53. The van der Waals surface area contributed by atoms with E-state index in [1.165, 1.54) is 23.7 Å². The van der Waals surface area contributed by atoms with Crippen LogP contribution in [0.15, 0.2) is 29.3 Å². The number of halogens is 2. The second-order valence-corrected chi connectivity index (χ2v) is 9.06. The molecular weight excluding hydrogens is 466 g/mol. The first-order valence-electron chi connectivity index (χ1n) is 11.0. The summed E-state index contributed by atoms with van der Waals surface area (Å²) in [5, 5.41) is 5.97. The van der Waals surface area contributed by atoms with Crippen LogP contribution >= 0.6 is 11.3 Å². The second-order valence-electron chi connectivity index (χ2n) is 8.08. The molecule has 2 N–H and O–H groups in total. The van der Waals surface area contributed by atoms with Crippen LogP contribution in [0.4, 0.5) is 19.6 Å². The lowest BCUT2D eigenvalue weighted by Crippen LogP contribution is -2.43. The van der Waals surface area contributed by atoms with Gasteiger partial charge in [-0.15, -0.1) is 0 Å². The van der Waals surface area contributed by atoms with Crippen LogP contribution in [0.1, 0.15) is 26.2 Å². The number of aromatic nitrogens is 3. The number of hydrogen-bond donors (Lipinski definition) is 2. The van der Waals surface area contributed by atoms with Gasteiger partial charge in [-0.3, -0.25) is 19.0 Å². The highest BCUT2D eigenvalue weighted by Crippen LogP contribution is 2.29. The Kier molecular flexibility index (Phi) is 7.15. The largest absolute Gasteiger partial charge is 0.356 e. The molecule has 0 radical (unpaired) electrons. The summed E-state index contributed by atoms with van der Waals surface area (Å²) in [7, 11) is 0. The van der Waals surface area contributed by atoms with Crippen LogP contribution in [0.25, 0.3) is 10.3 Å². The number of benzene rings is 1. The molecule has 1 atom stereocenters. The maximum absolute atomic E-state index is 13.4. The molecule has 12 heteroatoms. The van der Waals surface area contributed by atoms with E-state index in [1.807, 2.05) is 11.8 Å². The molecule has 180 valence electrons. The van der Waals surface area contributed by atoms with Crippen molar-refractivity contribution in [1.29, 1.82) is 0 Å². The first-order chi connectivity index (χ1) is 16.4. The van der Waals surface area contributed by atoms with Crippen LogP contribution in [0.2, 0.25) is 0 Å². The lowest BCUT2D eigenvalue weighted by atomic mass is 9.97. The van der Waals surface area contributed by atoms with Crippen LogP contribution in [-0.4, -0.2) is 46.0 Å². The van der Waals surface area contributed by atoms with Gasteiger partial charge in [-0.1, -0.05) is 18.3 Å². The Morgan fingerprint density at radius 1 is 1.26 bits per heavy atom. The number of carbonyl (C=O) groups is 2. The van der Waals surface area contributed by atoms with Gasteiger partial charge >= 0.3 is 0 Å². The molecule has 1 fully saturated rings. The maximum atomic E-state index is 13.4. The molecule has 0 aliphatic carbocycles. The summed E-state index contributed by atoms with van der Waals surface area (Å²) in [6, 6.07) is 2.99. The van der Waals surface area contributed by atoms with Crippen LogP contribution in [-0.2, 0) is 16.1 Å². The highest BCUT2D eigenvalue weighted by atomic mass is 32.1. The molecule has 1 unspecified atom stereocenters. The lowest BCUT2D eigenvalue weighted by molar-refractivity contribution is -0.125. The van der Waals surface area contributed by atoms with Gasteiger partial charge in [0.2, 0.25) is 11.8 Å². The van der Waals surface area contributed by atoms with Crippen molar-refractivity contribution < 1.29 is 18.4 Å². The molecule has 3 heterocycles. The third-order valence-corrected chi connectivity index (χ3v) is 6.60. The van der Waals surface area contributed by atoms with E-state index in [1.54, 1.807) is 0 Å². The monoisotopic (exact) mass is 490 g/mol. The van der Waals surface area contributed by atoms with E-state index in [0.29, 0.717) is 22.9 Å². The van der Waals surface area contributed by atoms with Gasteiger partial charge in [0.15, 0.2) is 22.4 Å². The minimum atomic E-state index is -1.09. The zero-order valence-electron chi connectivity index (χ0n) is 18.5. The number of hydrogen-bond acceptors (Lipinski definition) is 7. The number of fused-ring (bicyclic) bond motifs is 1. The summed E-state index contributed by atoms with van der Waals surface area (Å²) in [5.74, 6) is -2.81. The molecule has 1 aromatic carbocycles. The number of nitrogens with one attached hydrogen (secondary N) is 2. The average Bonchev–Trinajstić information content (AvgIpc) is 3.27. The number of nitrogens with zero attached hydrogens (tertiary/aromatic N) is 4. The van der Waals surface area contributed by atoms with Crippen LogP contribution < -0.4 is 21.1 Å². The third kappa shape index (κ3) is 5.22. The topological polar surface area (TPSA) is 109 Å². The van der Waals surface area contributed by atoms with Gasteiger partial charge in [0.05, 0.1) is 5.92 Å². The predicted molar refractivity (Wildman–Crippen MR) is 125 cm³/mol. The first kappa shape index (κ1) is 23.7. The molecule has 0 saturated carbocycles. The smallest absolute Gasteiger partial charge is 0.273 e. The van der Waals surface area contributed by atoms with E-state index in [-0.39, 0.29) is 29.7 Å². The molecule has 1 aliphatic heterocycles. The molecule has 34 heavy (non-hydrogen) atoms. The minimum Gasteiger partial charge on any atom is -0.356 e. The van der Waals surface area contributed by atoms with Crippen molar-refractivity contribution in [2.45, 2.75) is 32.7 Å². The Balaban J connectivity index is 1.48. The van der Waals surface area contributed by atoms with Crippen molar-refractivity contribution in [3.05, 3.63) is 46.5 Å². The van der Waals surface area contributed by atoms with E-state index < -0.39 is 23.1 Å². The SMILES string of the molecule is CCCNC(=O)C1CCCN(c2nc3ncn(CC(=O)Nc4ccc(F)c(F)c4)c(=O)c3s2)C1. The van der Waals surface area contributed by atoms with E-state index in [9.17, 15) is 23.2 Å². The van der Waals surface area contributed by atoms with Crippen LogP contribution in [0.3, 0.4) is 0 Å². The summed E-state index contributed by atoms with van der Waals surface area (Å²) in [5.41, 5.74) is -0.0723. The molecular formula is C22H24F2N6O3S. The fraction of sp³-hybridized carbons (Fsp3) is 0.409. The molecule has 2 amide bonds. The number of rotatable bonds is 7. The van der Waals surface area contributed by atoms with Gasteiger partial charge in [-0.05, 0) is 31.4 Å². The Labute approximate surface area is 197 Å². The fourth-order valence-corrected chi connectivity index (χ4v) is 4.77. The third-order valence-electron chi connectivity index (χ3n) is 5.50. The number of thiazole rings is 1. The van der Waals surface area contributed by atoms with E-state index in [4.69, 9.17) is 0 Å². The molecule has 2 aromatic heterocycles. The van der Waals surface area contributed by atoms with Crippen molar-refractivity contribution in [3.8, 4) is 0 Å². The quantitative estimate of drug-likeness (QED) is 0.527. The van der Waals surface area contributed by atoms with Gasteiger partial charge in [-0.25, -0.2) is 13.8 Å². The van der Waals surface area contributed by atoms with Gasteiger partial charge < -0.3 is 15.5 Å². The molecule has 4 rings (SSSR count). The molecule has 1 aliphatic rings. The summed E-state index contributed by atoms with van der Waals surface area (Å²) in [6.07, 6.45) is 3.74. The van der Waals surface area contributed by atoms with Crippen molar-refractivity contribution in [2.75, 3.05) is 29.9 Å². The van der Waals surface area contributed by atoms with E-state index in [0.717, 1.165) is 42.5 Å². The summed E-state index contributed by atoms with van der Waals surface area (Å²) >= 11 is 1.18. The van der Waals surface area contributed by atoms with E-state index >= 15 is 0 Å². The number of piperidine rings is 1. The first-order valence-corrected chi connectivity index (χ1v) is 11.8. The van der Waals surface area contributed by atoms with Gasteiger partial charge in [0, 0.05) is 31.4 Å². The van der Waals surface area contributed by atoms with Gasteiger partial charge in [0.1, 0.15) is 17.6 Å². The standard InChI is InChI=1S/C22H24F2N6O3S/c1-2-7-25-20(32)13-4-3-8-29(10-13)22-28-19-18(34-22)21(33)30(12-26-19)11-17(31)27-14-5-6-15(23)16(24)9-14/h5-6,9,12-13H,2-4,7-8,10-11H2,1H3,(H,25,32)(H,27,31). The highest BCUT2D eigenvalue weighted by molar-refractivity contribution is 7.22. The normalized spacial score (nSPS) is 16.0. The summed E-state index contributed by atoms with van der Waals surface area (Å²) < 4.78 is 27.8. The van der Waals surface area contributed by atoms with Crippen molar-refractivity contribution in [2.24, 2.45) is 5.92 Å². The number of anilines is 2. The lowest BCUT2D eigenvalue weighted by Gasteiger charge is -2.31. The Bertz CT molecular complexity index is 1280. The average molecular weight is 491 g/mol. The molecule has 3 aromatic rings. The number of carbonyl (C=O) groups excluding carboxylic acids is 2. The summed E-state index contributed by atoms with van der Waals surface area (Å²) in [4.78, 5) is 48.3. The van der Waals surface area contributed by atoms with Gasteiger partial charge in [-0.2, -0.15) is 4.98 Å². The highest BCUT2D eigenvalue weighted by Gasteiger charge is 2.27. The second kappa shape index (κ2) is 10.2. The van der Waals surface area contributed by atoms with Crippen molar-refractivity contribution in [3.63, 3.8) is 0 Å². The van der Waals surface area contributed by atoms with Crippen LogP contribution in [0, 0.1) is 17.6 Å². The van der Waals surface area contributed by atoms with Gasteiger partial charge in [0.25, 0.3) is 5.56 Å². The minimum absolute atomic E-state index is 0.0280. The van der Waals surface area contributed by atoms with Crippen LogP contribution in [0.5, 0.6) is 0 Å². The fourth-order valence-electron chi connectivity index (χ4n) is 3.77. The number of amides is 2. The Hall–Kier alpha value is -3.41. The molecule has 0 bridgehead atoms. The molecule has 1 saturated heterocycles. The zero-order valence-corrected chi connectivity index (χ0v) is 19.3. The molecule has 0 spiro atoms. The Morgan fingerprint density at radius 3 is 2.85 bits per heavy atom. The maximum Gasteiger partial charge on any atom is 0.273 e. The molecule has 9 nitrogen and oxygen atoms in total. The van der Waals surface area contributed by atoms with Crippen molar-refractivity contribution >= 4 is 44.3 Å². The zero-order chi connectivity index (χ0) is 24.2. The predicted octanol–water partition coefficient (Wildman–Crippen LogP) is 2.51.